The molecule has 96 valence electrons. The van der Waals surface area contributed by atoms with Crippen molar-refractivity contribution in [1.82, 2.24) is 9.78 Å². The number of aryl methyl sites for hydroxylation is 1. The van der Waals surface area contributed by atoms with E-state index in [0.717, 1.165) is 17.0 Å². The van der Waals surface area contributed by atoms with Gasteiger partial charge in [-0.05, 0) is 12.1 Å². The number of rotatable bonds is 4. The molecule has 2 aromatic rings. The SMILES string of the molecule is COc1cc(OC)c(-c2ccnn2C)cc1OC. The first-order valence-corrected chi connectivity index (χ1v) is 5.49. The van der Waals surface area contributed by atoms with Crippen LogP contribution in [0.1, 0.15) is 0 Å². The highest BCUT2D eigenvalue weighted by atomic mass is 16.5. The van der Waals surface area contributed by atoms with E-state index in [-0.39, 0.29) is 0 Å². The molecule has 0 radical (unpaired) electrons. The molecule has 0 unspecified atom stereocenters. The van der Waals surface area contributed by atoms with Crippen LogP contribution in [0.3, 0.4) is 0 Å². The number of benzene rings is 1. The topological polar surface area (TPSA) is 45.5 Å². The van der Waals surface area contributed by atoms with E-state index in [0.29, 0.717) is 11.5 Å². The van der Waals surface area contributed by atoms with E-state index in [1.165, 1.54) is 0 Å². The fourth-order valence-electron chi connectivity index (χ4n) is 1.87. The Bertz CT molecular complexity index is 549. The zero-order valence-electron chi connectivity index (χ0n) is 10.9. The number of methoxy groups -OCH3 is 3. The van der Waals surface area contributed by atoms with Crippen LogP contribution in [0.25, 0.3) is 11.3 Å². The van der Waals surface area contributed by atoms with Gasteiger partial charge in [-0.3, -0.25) is 4.68 Å². The molecule has 0 aliphatic rings. The van der Waals surface area contributed by atoms with Crippen LogP contribution in [0.4, 0.5) is 0 Å². The van der Waals surface area contributed by atoms with Crippen molar-refractivity contribution in [3.8, 4) is 28.5 Å². The van der Waals surface area contributed by atoms with Gasteiger partial charge in [-0.15, -0.1) is 0 Å². The molecule has 0 N–H and O–H groups in total. The predicted octanol–water partition coefficient (Wildman–Crippen LogP) is 2.11. The average Bonchev–Trinajstić information content (AvgIpc) is 2.83. The summed E-state index contributed by atoms with van der Waals surface area (Å²) in [5, 5.41) is 4.16. The summed E-state index contributed by atoms with van der Waals surface area (Å²) in [6, 6.07) is 5.61. The second kappa shape index (κ2) is 5.00. The number of ether oxygens (including phenoxy) is 3. The van der Waals surface area contributed by atoms with Gasteiger partial charge in [0.1, 0.15) is 5.75 Å². The van der Waals surface area contributed by atoms with Crippen LogP contribution in [0.15, 0.2) is 24.4 Å². The predicted molar refractivity (Wildman–Crippen MR) is 68.3 cm³/mol. The molecule has 1 heterocycles. The van der Waals surface area contributed by atoms with E-state index < -0.39 is 0 Å². The van der Waals surface area contributed by atoms with Crippen molar-refractivity contribution in [2.24, 2.45) is 7.05 Å². The molecule has 0 saturated carbocycles. The first-order valence-electron chi connectivity index (χ1n) is 5.49. The number of hydrogen-bond acceptors (Lipinski definition) is 4. The lowest BCUT2D eigenvalue weighted by Gasteiger charge is -2.14. The average molecular weight is 248 g/mol. The highest BCUT2D eigenvalue weighted by Gasteiger charge is 2.15. The summed E-state index contributed by atoms with van der Waals surface area (Å²) >= 11 is 0. The summed E-state index contributed by atoms with van der Waals surface area (Å²) in [5.41, 5.74) is 1.86. The molecular formula is C13H16N2O3. The molecule has 1 aromatic carbocycles. The maximum Gasteiger partial charge on any atom is 0.164 e. The third-order valence-electron chi connectivity index (χ3n) is 2.80. The first-order chi connectivity index (χ1) is 8.71. The van der Waals surface area contributed by atoms with Crippen LogP contribution in [0.5, 0.6) is 17.2 Å². The summed E-state index contributed by atoms with van der Waals surface area (Å²) in [6.07, 6.45) is 1.74. The van der Waals surface area contributed by atoms with Crippen molar-refractivity contribution in [1.29, 1.82) is 0 Å². The molecule has 5 nitrogen and oxygen atoms in total. The lowest BCUT2D eigenvalue weighted by Crippen LogP contribution is -1.98. The molecule has 1 aromatic heterocycles. The van der Waals surface area contributed by atoms with E-state index in [4.69, 9.17) is 14.2 Å². The summed E-state index contributed by atoms with van der Waals surface area (Å²) in [6.45, 7) is 0. The Morgan fingerprint density at radius 1 is 0.944 bits per heavy atom. The molecule has 0 saturated heterocycles. The Labute approximate surface area is 106 Å². The van der Waals surface area contributed by atoms with Gasteiger partial charge in [0, 0.05) is 24.9 Å². The van der Waals surface area contributed by atoms with Gasteiger partial charge in [-0.25, -0.2) is 0 Å². The van der Waals surface area contributed by atoms with E-state index >= 15 is 0 Å². The monoisotopic (exact) mass is 248 g/mol. The van der Waals surface area contributed by atoms with Crippen molar-refractivity contribution in [3.05, 3.63) is 24.4 Å². The second-order valence-electron chi connectivity index (χ2n) is 3.75. The summed E-state index contributed by atoms with van der Waals surface area (Å²) in [5.74, 6) is 2.02. The van der Waals surface area contributed by atoms with Gasteiger partial charge in [-0.2, -0.15) is 5.10 Å². The minimum absolute atomic E-state index is 0.639. The molecule has 0 atom stereocenters. The fourth-order valence-corrected chi connectivity index (χ4v) is 1.87. The molecule has 0 aliphatic carbocycles. The van der Waals surface area contributed by atoms with Gasteiger partial charge in [0.05, 0.1) is 27.0 Å². The van der Waals surface area contributed by atoms with Crippen LogP contribution >= 0.6 is 0 Å². The molecule has 0 bridgehead atoms. The molecule has 0 spiro atoms. The van der Waals surface area contributed by atoms with Gasteiger partial charge in [0.2, 0.25) is 0 Å². The Morgan fingerprint density at radius 2 is 1.56 bits per heavy atom. The smallest absolute Gasteiger partial charge is 0.164 e. The summed E-state index contributed by atoms with van der Waals surface area (Å²) in [4.78, 5) is 0. The number of aromatic nitrogens is 2. The molecule has 2 rings (SSSR count). The van der Waals surface area contributed by atoms with Gasteiger partial charge < -0.3 is 14.2 Å². The molecule has 5 heteroatoms. The van der Waals surface area contributed by atoms with E-state index in [2.05, 4.69) is 5.10 Å². The maximum absolute atomic E-state index is 5.39. The van der Waals surface area contributed by atoms with Crippen molar-refractivity contribution in [2.45, 2.75) is 0 Å². The molecule has 18 heavy (non-hydrogen) atoms. The maximum atomic E-state index is 5.39. The minimum atomic E-state index is 0.639. The van der Waals surface area contributed by atoms with Crippen LogP contribution in [-0.4, -0.2) is 31.1 Å². The third kappa shape index (κ3) is 1.99. The quantitative estimate of drug-likeness (QED) is 0.831. The highest BCUT2D eigenvalue weighted by Crippen LogP contribution is 2.39. The highest BCUT2D eigenvalue weighted by molar-refractivity contribution is 5.71. The van der Waals surface area contributed by atoms with Crippen molar-refractivity contribution >= 4 is 0 Å². The molecule has 0 aliphatic heterocycles. The van der Waals surface area contributed by atoms with Crippen LogP contribution in [-0.2, 0) is 7.05 Å². The third-order valence-corrected chi connectivity index (χ3v) is 2.80. The van der Waals surface area contributed by atoms with Crippen molar-refractivity contribution < 1.29 is 14.2 Å². The Kier molecular flexibility index (Phi) is 3.41. The Hall–Kier alpha value is -2.17. The van der Waals surface area contributed by atoms with Crippen molar-refractivity contribution in [2.75, 3.05) is 21.3 Å². The zero-order chi connectivity index (χ0) is 13.1. The summed E-state index contributed by atoms with van der Waals surface area (Å²) in [7, 11) is 6.71. The van der Waals surface area contributed by atoms with Crippen LogP contribution < -0.4 is 14.2 Å². The van der Waals surface area contributed by atoms with Gasteiger partial charge >= 0.3 is 0 Å². The van der Waals surface area contributed by atoms with Gasteiger partial charge in [0.25, 0.3) is 0 Å². The van der Waals surface area contributed by atoms with Crippen LogP contribution in [0, 0.1) is 0 Å². The Balaban J connectivity index is 2.62. The minimum Gasteiger partial charge on any atom is -0.496 e. The number of nitrogens with zero attached hydrogens (tertiary/aromatic N) is 2. The zero-order valence-corrected chi connectivity index (χ0v) is 10.9. The van der Waals surface area contributed by atoms with Gasteiger partial charge in [-0.1, -0.05) is 0 Å². The van der Waals surface area contributed by atoms with Crippen molar-refractivity contribution in [3.63, 3.8) is 0 Å². The molecule has 0 fully saturated rings. The Morgan fingerprint density at radius 3 is 2.06 bits per heavy atom. The van der Waals surface area contributed by atoms with E-state index in [9.17, 15) is 0 Å². The molecular weight excluding hydrogens is 232 g/mol. The summed E-state index contributed by atoms with van der Waals surface area (Å²) < 4.78 is 17.7. The molecule has 0 amide bonds. The van der Waals surface area contributed by atoms with Crippen LogP contribution in [0.2, 0.25) is 0 Å². The first kappa shape index (κ1) is 12.3. The lowest BCUT2D eigenvalue weighted by molar-refractivity contribution is 0.349. The standard InChI is InChI=1S/C13H16N2O3/c1-15-10(5-6-14-15)9-7-12(17-3)13(18-4)8-11(9)16-2/h5-8H,1-4H3. The van der Waals surface area contributed by atoms with Gasteiger partial charge in [0.15, 0.2) is 11.5 Å². The normalized spacial score (nSPS) is 10.2. The fraction of sp³-hybridized carbons (Fsp3) is 0.308. The van der Waals surface area contributed by atoms with E-state index in [1.54, 1.807) is 38.3 Å². The lowest BCUT2D eigenvalue weighted by atomic mass is 10.1. The second-order valence-corrected chi connectivity index (χ2v) is 3.75. The largest absolute Gasteiger partial charge is 0.496 e. The number of hydrogen-bond donors (Lipinski definition) is 0. The van der Waals surface area contributed by atoms with E-state index in [1.807, 2.05) is 19.2 Å².